The number of carbonyl (C=O) groups is 4. The maximum Gasteiger partial charge on any atom is 0.326 e. The topological polar surface area (TPSA) is 231 Å². The number of aromatic nitrogens is 1. The molecule has 1 heterocycles. The zero-order valence-electron chi connectivity index (χ0n) is 26.5. The van der Waals surface area contributed by atoms with Crippen molar-refractivity contribution in [3.05, 3.63) is 108 Å². The number of aromatic amines is 1. The third kappa shape index (κ3) is 10.4. The van der Waals surface area contributed by atoms with Crippen molar-refractivity contribution >= 4 is 40.6 Å². The molecule has 0 aliphatic carbocycles. The number of nitrogens with one attached hydrogen (secondary N) is 4. The average molecular weight is 655 g/mol. The molecule has 4 rings (SSSR count). The van der Waals surface area contributed by atoms with Crippen LogP contribution in [0.4, 0.5) is 0 Å². The van der Waals surface area contributed by atoms with Gasteiger partial charge < -0.3 is 43.2 Å². The summed E-state index contributed by atoms with van der Waals surface area (Å²) in [4.78, 5) is 60.2. The number of carbonyl (C=O) groups excluding carboxylic acids is 3. The van der Waals surface area contributed by atoms with Crippen LogP contribution in [0.15, 0.2) is 96.1 Å². The molecule has 0 saturated heterocycles. The van der Waals surface area contributed by atoms with Crippen molar-refractivity contribution < 1.29 is 24.3 Å². The second-order valence-corrected chi connectivity index (χ2v) is 11.5. The van der Waals surface area contributed by atoms with Crippen LogP contribution in [0.5, 0.6) is 0 Å². The summed E-state index contributed by atoms with van der Waals surface area (Å²) in [6.07, 6.45) is 2.68. The van der Waals surface area contributed by atoms with Crippen molar-refractivity contribution in [1.82, 2.24) is 20.9 Å². The fourth-order valence-corrected chi connectivity index (χ4v) is 5.31. The SMILES string of the molecule is NC(N)=NCCCC(N)C(=O)NC(Cc1ccccc1)C(=O)NC(Cc1c[nH]c2ccccc12)C(=O)NC(Cc1ccccc1)C(=O)O. The Bertz CT molecular complexity index is 1710. The van der Waals surface area contributed by atoms with Gasteiger partial charge in [-0.05, 0) is 35.6 Å². The first-order valence-corrected chi connectivity index (χ1v) is 15.7. The molecule has 48 heavy (non-hydrogen) atoms. The Labute approximate surface area is 278 Å². The van der Waals surface area contributed by atoms with Crippen LogP contribution in [0.2, 0.25) is 0 Å². The molecular formula is C35H42N8O5. The van der Waals surface area contributed by atoms with Gasteiger partial charge in [-0.2, -0.15) is 0 Å². The smallest absolute Gasteiger partial charge is 0.326 e. The summed E-state index contributed by atoms with van der Waals surface area (Å²) in [6, 6.07) is 21.1. The number of guanidine groups is 1. The number of carboxylic acids is 1. The number of aliphatic imine (C=N–C) groups is 1. The molecule has 13 heteroatoms. The predicted octanol–water partition coefficient (Wildman–Crippen LogP) is 1.12. The van der Waals surface area contributed by atoms with Crippen molar-refractivity contribution in [2.24, 2.45) is 22.2 Å². The number of fused-ring (bicyclic) bond motifs is 1. The van der Waals surface area contributed by atoms with Gasteiger partial charge in [-0.15, -0.1) is 0 Å². The molecule has 0 aliphatic rings. The average Bonchev–Trinajstić information content (AvgIpc) is 3.49. The summed E-state index contributed by atoms with van der Waals surface area (Å²) in [5.41, 5.74) is 19.9. The number of hydrogen-bond donors (Lipinski definition) is 8. The largest absolute Gasteiger partial charge is 0.480 e. The van der Waals surface area contributed by atoms with E-state index in [1.165, 1.54) is 0 Å². The van der Waals surface area contributed by atoms with Crippen LogP contribution in [0.3, 0.4) is 0 Å². The molecule has 0 aliphatic heterocycles. The van der Waals surface area contributed by atoms with E-state index >= 15 is 0 Å². The number of amides is 3. The lowest BCUT2D eigenvalue weighted by atomic mass is 10.0. The van der Waals surface area contributed by atoms with Crippen LogP contribution in [0.1, 0.15) is 29.5 Å². The maximum atomic E-state index is 13.9. The van der Waals surface area contributed by atoms with E-state index in [0.29, 0.717) is 13.0 Å². The summed E-state index contributed by atoms with van der Waals surface area (Å²) in [5.74, 6) is -3.14. The Kier molecular flexibility index (Phi) is 12.7. The maximum absolute atomic E-state index is 13.9. The van der Waals surface area contributed by atoms with Gasteiger partial charge in [0.15, 0.2) is 5.96 Å². The Balaban J connectivity index is 1.57. The van der Waals surface area contributed by atoms with Gasteiger partial charge in [0.1, 0.15) is 18.1 Å². The van der Waals surface area contributed by atoms with Gasteiger partial charge in [-0.1, -0.05) is 78.9 Å². The molecule has 0 radical (unpaired) electrons. The van der Waals surface area contributed by atoms with E-state index in [0.717, 1.165) is 27.6 Å². The Hall–Kier alpha value is -5.69. The molecule has 4 atom stereocenters. The van der Waals surface area contributed by atoms with Crippen LogP contribution in [0, 0.1) is 0 Å². The summed E-state index contributed by atoms with van der Waals surface area (Å²) in [5, 5.41) is 19.0. The Morgan fingerprint density at radius 3 is 1.83 bits per heavy atom. The fraction of sp³-hybridized carbons (Fsp3) is 0.286. The van der Waals surface area contributed by atoms with Gasteiger partial charge in [0.05, 0.1) is 6.04 Å². The Morgan fingerprint density at radius 2 is 1.23 bits per heavy atom. The van der Waals surface area contributed by atoms with Crippen LogP contribution in [0.25, 0.3) is 10.9 Å². The summed E-state index contributed by atoms with van der Waals surface area (Å²) in [6.45, 7) is 0.295. The third-order valence-corrected chi connectivity index (χ3v) is 7.85. The highest BCUT2D eigenvalue weighted by molar-refractivity contribution is 5.95. The minimum atomic E-state index is -1.25. The van der Waals surface area contributed by atoms with E-state index in [-0.39, 0.29) is 31.6 Å². The number of aliphatic carboxylic acids is 1. The summed E-state index contributed by atoms with van der Waals surface area (Å²) in [7, 11) is 0. The standard InChI is InChI=1S/C35H42N8O5/c36-26(15-9-17-39-35(37)38)31(44)41-28(18-22-10-3-1-4-11-22)32(45)42-29(20-24-21-40-27-16-8-7-14-25(24)27)33(46)43-30(34(47)48)19-23-12-5-2-6-13-23/h1-8,10-14,16,21,26,28-30,40H,9,15,17-20,36H2,(H,41,44)(H,42,45)(H,43,46)(H,47,48)(H4,37,38,39). The van der Waals surface area contributed by atoms with Crippen LogP contribution in [-0.2, 0) is 38.4 Å². The van der Waals surface area contributed by atoms with E-state index in [1.807, 2.05) is 60.7 Å². The van der Waals surface area contributed by atoms with E-state index in [4.69, 9.17) is 17.2 Å². The first-order chi connectivity index (χ1) is 23.1. The molecule has 0 bridgehead atoms. The molecule has 0 spiro atoms. The van der Waals surface area contributed by atoms with Gasteiger partial charge in [-0.3, -0.25) is 19.4 Å². The van der Waals surface area contributed by atoms with Crippen molar-refractivity contribution in [3.63, 3.8) is 0 Å². The second kappa shape index (κ2) is 17.3. The second-order valence-electron chi connectivity index (χ2n) is 11.5. The molecule has 1 aromatic heterocycles. The number of para-hydroxylation sites is 1. The van der Waals surface area contributed by atoms with Crippen LogP contribution in [-0.4, -0.2) is 70.5 Å². The number of rotatable bonds is 17. The zero-order valence-corrected chi connectivity index (χ0v) is 26.5. The summed E-state index contributed by atoms with van der Waals surface area (Å²) >= 11 is 0. The molecule has 0 saturated carbocycles. The molecule has 3 amide bonds. The van der Waals surface area contributed by atoms with Gasteiger partial charge in [0.25, 0.3) is 0 Å². The van der Waals surface area contributed by atoms with Gasteiger partial charge in [0.2, 0.25) is 17.7 Å². The zero-order chi connectivity index (χ0) is 34.5. The first-order valence-electron chi connectivity index (χ1n) is 15.7. The lowest BCUT2D eigenvalue weighted by Crippen LogP contribution is -2.58. The van der Waals surface area contributed by atoms with E-state index < -0.39 is 47.9 Å². The van der Waals surface area contributed by atoms with E-state index in [2.05, 4.69) is 25.9 Å². The normalized spacial score (nSPS) is 13.4. The number of hydrogen-bond acceptors (Lipinski definition) is 6. The van der Waals surface area contributed by atoms with Crippen molar-refractivity contribution in [2.45, 2.75) is 56.3 Å². The molecule has 252 valence electrons. The van der Waals surface area contributed by atoms with Gasteiger partial charge in [-0.25, -0.2) is 4.79 Å². The van der Waals surface area contributed by atoms with E-state index in [1.54, 1.807) is 30.5 Å². The van der Waals surface area contributed by atoms with E-state index in [9.17, 15) is 24.3 Å². The molecule has 3 aromatic carbocycles. The van der Waals surface area contributed by atoms with Gasteiger partial charge in [0, 0.05) is 42.9 Å². The lowest BCUT2D eigenvalue weighted by molar-refractivity contribution is -0.142. The number of nitrogens with two attached hydrogens (primary N) is 3. The van der Waals surface area contributed by atoms with Crippen molar-refractivity contribution in [3.8, 4) is 0 Å². The monoisotopic (exact) mass is 654 g/mol. The molecule has 4 unspecified atom stereocenters. The van der Waals surface area contributed by atoms with Crippen LogP contribution >= 0.6 is 0 Å². The number of nitrogens with zero attached hydrogens (tertiary/aromatic N) is 1. The third-order valence-electron chi connectivity index (χ3n) is 7.85. The van der Waals surface area contributed by atoms with Crippen LogP contribution < -0.4 is 33.2 Å². The minimum absolute atomic E-state index is 0.0451. The Morgan fingerprint density at radius 1 is 0.708 bits per heavy atom. The number of carboxylic acid groups (broad SMARTS) is 1. The molecule has 13 nitrogen and oxygen atoms in total. The molecule has 11 N–H and O–H groups in total. The number of H-pyrrole nitrogens is 1. The predicted molar refractivity (Wildman–Crippen MR) is 184 cm³/mol. The number of benzene rings is 3. The molecular weight excluding hydrogens is 612 g/mol. The summed E-state index contributed by atoms with van der Waals surface area (Å²) < 4.78 is 0. The molecule has 4 aromatic rings. The fourth-order valence-electron chi connectivity index (χ4n) is 5.31. The van der Waals surface area contributed by atoms with Crippen molar-refractivity contribution in [2.75, 3.05) is 6.54 Å². The van der Waals surface area contributed by atoms with Crippen molar-refractivity contribution in [1.29, 1.82) is 0 Å². The highest BCUT2D eigenvalue weighted by Gasteiger charge is 2.31. The van der Waals surface area contributed by atoms with Gasteiger partial charge >= 0.3 is 5.97 Å². The molecule has 0 fully saturated rings. The lowest BCUT2D eigenvalue weighted by Gasteiger charge is -2.25. The minimum Gasteiger partial charge on any atom is -0.480 e. The highest BCUT2D eigenvalue weighted by Crippen LogP contribution is 2.19. The highest BCUT2D eigenvalue weighted by atomic mass is 16.4. The quantitative estimate of drug-likeness (QED) is 0.0466. The first kappa shape index (κ1) is 35.2.